The topological polar surface area (TPSA) is 75.4 Å². The lowest BCUT2D eigenvalue weighted by Gasteiger charge is -2.02. The molecule has 5 heteroatoms. The van der Waals surface area contributed by atoms with E-state index in [0.29, 0.717) is 5.88 Å². The average Bonchev–Trinajstić information content (AvgIpc) is 2.66. The third-order valence-electron chi connectivity index (χ3n) is 1.96. The van der Waals surface area contributed by atoms with Gasteiger partial charge in [0, 0.05) is 12.3 Å². The van der Waals surface area contributed by atoms with Crippen LogP contribution in [-0.2, 0) is 0 Å². The maximum atomic E-state index is 10.6. The highest BCUT2D eigenvalue weighted by atomic mass is 16.4. The Hall–Kier alpha value is -2.30. The summed E-state index contributed by atoms with van der Waals surface area (Å²) < 4.78 is 5.05. The van der Waals surface area contributed by atoms with E-state index in [9.17, 15) is 4.79 Å². The van der Waals surface area contributed by atoms with Gasteiger partial charge in [-0.05, 0) is 24.6 Å². The Morgan fingerprint density at radius 3 is 2.88 bits per heavy atom. The Morgan fingerprint density at radius 1 is 1.44 bits per heavy atom. The maximum Gasteiger partial charge on any atom is 0.371 e. The smallest absolute Gasteiger partial charge is 0.371 e. The lowest BCUT2D eigenvalue weighted by molar-refractivity contribution is 0.0663. The Bertz CT molecular complexity index is 519. The second kappa shape index (κ2) is 4.06. The average molecular weight is 218 g/mol. The van der Waals surface area contributed by atoms with E-state index in [1.165, 1.54) is 6.07 Å². The van der Waals surface area contributed by atoms with Crippen LogP contribution in [0.25, 0.3) is 0 Å². The number of pyridine rings is 1. The monoisotopic (exact) mass is 218 g/mol. The predicted octanol–water partition coefficient (Wildman–Crippen LogP) is 2.42. The lowest BCUT2D eigenvalue weighted by atomic mass is 10.3. The summed E-state index contributed by atoms with van der Waals surface area (Å²) in [5.74, 6) is -0.802. The molecule has 0 aliphatic rings. The molecule has 0 unspecified atom stereocenters. The molecule has 82 valence electrons. The highest BCUT2D eigenvalue weighted by molar-refractivity contribution is 5.85. The van der Waals surface area contributed by atoms with Crippen LogP contribution in [0.5, 0.6) is 0 Å². The Balaban J connectivity index is 2.17. The van der Waals surface area contributed by atoms with E-state index in [4.69, 9.17) is 9.52 Å². The van der Waals surface area contributed by atoms with Gasteiger partial charge in [0.2, 0.25) is 5.76 Å². The second-order valence-corrected chi connectivity index (χ2v) is 3.35. The number of nitrogens with zero attached hydrogens (tertiary/aromatic N) is 1. The first-order valence-electron chi connectivity index (χ1n) is 4.67. The minimum absolute atomic E-state index is 0.0943. The molecule has 2 aromatic rings. The molecule has 0 aliphatic heterocycles. The fourth-order valence-corrected chi connectivity index (χ4v) is 1.29. The van der Waals surface area contributed by atoms with Gasteiger partial charge < -0.3 is 14.8 Å². The summed E-state index contributed by atoms with van der Waals surface area (Å²) in [7, 11) is 0. The molecule has 0 fully saturated rings. The first kappa shape index (κ1) is 10.2. The summed E-state index contributed by atoms with van der Waals surface area (Å²) in [4.78, 5) is 14.6. The molecular weight excluding hydrogens is 208 g/mol. The summed E-state index contributed by atoms with van der Waals surface area (Å²) in [5.41, 5.74) is 1.77. The fraction of sp³-hybridized carbons (Fsp3) is 0.0909. The molecular formula is C11H10N2O3. The van der Waals surface area contributed by atoms with Gasteiger partial charge in [0.05, 0.1) is 11.9 Å². The van der Waals surface area contributed by atoms with Crippen molar-refractivity contribution in [2.75, 3.05) is 5.32 Å². The van der Waals surface area contributed by atoms with E-state index in [2.05, 4.69) is 10.3 Å². The predicted molar refractivity (Wildman–Crippen MR) is 57.9 cm³/mol. The van der Waals surface area contributed by atoms with Gasteiger partial charge in [-0.1, -0.05) is 0 Å². The van der Waals surface area contributed by atoms with Crippen LogP contribution in [0.1, 0.15) is 16.1 Å². The van der Waals surface area contributed by atoms with Gasteiger partial charge in [-0.25, -0.2) is 4.79 Å². The number of carboxylic acids is 1. The van der Waals surface area contributed by atoms with Crippen LogP contribution in [0.15, 0.2) is 35.0 Å². The zero-order valence-corrected chi connectivity index (χ0v) is 8.60. The van der Waals surface area contributed by atoms with Gasteiger partial charge in [-0.2, -0.15) is 0 Å². The number of aryl methyl sites for hydroxylation is 1. The molecule has 2 rings (SSSR count). The standard InChI is InChI=1S/C11H10N2O3/c1-7-4-8(6-12-5-7)13-10-3-2-9(16-10)11(14)15/h2-6,13H,1H3,(H,14,15). The minimum Gasteiger partial charge on any atom is -0.475 e. The van der Waals surface area contributed by atoms with Crippen LogP contribution >= 0.6 is 0 Å². The van der Waals surface area contributed by atoms with Crippen molar-refractivity contribution in [1.82, 2.24) is 4.98 Å². The number of carbonyl (C=O) groups is 1. The molecule has 0 bridgehead atoms. The highest BCUT2D eigenvalue weighted by Gasteiger charge is 2.08. The Morgan fingerprint density at radius 2 is 2.25 bits per heavy atom. The molecule has 0 spiro atoms. The van der Waals surface area contributed by atoms with Gasteiger partial charge in [0.1, 0.15) is 0 Å². The molecule has 5 nitrogen and oxygen atoms in total. The van der Waals surface area contributed by atoms with E-state index >= 15 is 0 Å². The molecule has 0 aromatic carbocycles. The lowest BCUT2D eigenvalue weighted by Crippen LogP contribution is -1.93. The molecule has 0 radical (unpaired) electrons. The van der Waals surface area contributed by atoms with E-state index < -0.39 is 5.97 Å². The van der Waals surface area contributed by atoms with Crippen molar-refractivity contribution in [3.05, 3.63) is 41.9 Å². The Kier molecular flexibility index (Phi) is 2.59. The van der Waals surface area contributed by atoms with Crippen LogP contribution in [-0.4, -0.2) is 16.1 Å². The summed E-state index contributed by atoms with van der Waals surface area (Å²) >= 11 is 0. The third-order valence-corrected chi connectivity index (χ3v) is 1.96. The van der Waals surface area contributed by atoms with Crippen LogP contribution < -0.4 is 5.32 Å². The van der Waals surface area contributed by atoms with E-state index in [1.807, 2.05) is 13.0 Å². The maximum absolute atomic E-state index is 10.6. The number of carboxylic acid groups (broad SMARTS) is 1. The molecule has 0 saturated carbocycles. The Labute approximate surface area is 91.7 Å². The molecule has 2 aromatic heterocycles. The summed E-state index contributed by atoms with van der Waals surface area (Å²) in [6.07, 6.45) is 3.37. The minimum atomic E-state index is -1.09. The van der Waals surface area contributed by atoms with Crippen molar-refractivity contribution < 1.29 is 14.3 Å². The molecule has 0 saturated heterocycles. The van der Waals surface area contributed by atoms with Crippen LogP contribution in [0.3, 0.4) is 0 Å². The first-order chi connectivity index (χ1) is 7.65. The van der Waals surface area contributed by atoms with Gasteiger partial charge in [-0.3, -0.25) is 4.98 Å². The number of nitrogens with one attached hydrogen (secondary N) is 1. The largest absolute Gasteiger partial charge is 0.475 e. The number of anilines is 2. The van der Waals surface area contributed by atoms with Gasteiger partial charge in [0.25, 0.3) is 0 Å². The summed E-state index contributed by atoms with van der Waals surface area (Å²) in [6.45, 7) is 1.92. The van der Waals surface area contributed by atoms with Gasteiger partial charge >= 0.3 is 5.97 Å². The van der Waals surface area contributed by atoms with Crippen molar-refractivity contribution in [1.29, 1.82) is 0 Å². The van der Waals surface area contributed by atoms with E-state index in [-0.39, 0.29) is 5.76 Å². The molecule has 16 heavy (non-hydrogen) atoms. The van der Waals surface area contributed by atoms with E-state index in [1.54, 1.807) is 18.5 Å². The number of furan rings is 1. The van der Waals surface area contributed by atoms with Crippen molar-refractivity contribution in [2.24, 2.45) is 0 Å². The van der Waals surface area contributed by atoms with E-state index in [0.717, 1.165) is 11.3 Å². The summed E-state index contributed by atoms with van der Waals surface area (Å²) in [5, 5.41) is 11.6. The SMILES string of the molecule is Cc1cncc(Nc2ccc(C(=O)O)o2)c1. The second-order valence-electron chi connectivity index (χ2n) is 3.35. The van der Waals surface area contributed by atoms with Crippen molar-refractivity contribution in [3.8, 4) is 0 Å². The van der Waals surface area contributed by atoms with Crippen molar-refractivity contribution in [3.63, 3.8) is 0 Å². The molecule has 0 aliphatic carbocycles. The van der Waals surface area contributed by atoms with Crippen LogP contribution in [0.4, 0.5) is 11.6 Å². The van der Waals surface area contributed by atoms with Crippen LogP contribution in [0.2, 0.25) is 0 Å². The number of aromatic carboxylic acids is 1. The first-order valence-corrected chi connectivity index (χ1v) is 4.67. The molecule has 0 atom stereocenters. The zero-order valence-electron chi connectivity index (χ0n) is 8.60. The third kappa shape index (κ3) is 2.20. The number of hydrogen-bond acceptors (Lipinski definition) is 4. The molecule has 2 N–H and O–H groups in total. The van der Waals surface area contributed by atoms with Crippen molar-refractivity contribution in [2.45, 2.75) is 6.92 Å². The molecule has 0 amide bonds. The number of rotatable bonds is 3. The highest BCUT2D eigenvalue weighted by Crippen LogP contribution is 2.19. The zero-order chi connectivity index (χ0) is 11.5. The van der Waals surface area contributed by atoms with Gasteiger partial charge in [-0.15, -0.1) is 0 Å². The molecule has 2 heterocycles. The fourth-order valence-electron chi connectivity index (χ4n) is 1.29. The number of hydrogen-bond donors (Lipinski definition) is 2. The quantitative estimate of drug-likeness (QED) is 0.827. The number of aromatic nitrogens is 1. The van der Waals surface area contributed by atoms with Crippen LogP contribution in [0, 0.1) is 6.92 Å². The summed E-state index contributed by atoms with van der Waals surface area (Å²) in [6, 6.07) is 4.84. The van der Waals surface area contributed by atoms with Crippen molar-refractivity contribution >= 4 is 17.5 Å². The normalized spacial score (nSPS) is 10.1. The van der Waals surface area contributed by atoms with Gasteiger partial charge in [0.15, 0.2) is 5.88 Å².